The van der Waals surface area contributed by atoms with Crippen LogP contribution in [0, 0.1) is 5.92 Å². The molecule has 1 saturated heterocycles. The first-order valence-corrected chi connectivity index (χ1v) is 8.42. The molecule has 0 amide bonds. The highest BCUT2D eigenvalue weighted by Crippen LogP contribution is 2.18. The van der Waals surface area contributed by atoms with Crippen molar-refractivity contribution in [3.63, 3.8) is 0 Å². The topological polar surface area (TPSA) is 3.24 Å². The van der Waals surface area contributed by atoms with Gasteiger partial charge in [0, 0.05) is 0 Å². The van der Waals surface area contributed by atoms with E-state index in [1.54, 1.807) is 5.57 Å². The molecule has 0 spiro atoms. The van der Waals surface area contributed by atoms with Crippen LogP contribution in [0.3, 0.4) is 0 Å². The highest BCUT2D eigenvalue weighted by molar-refractivity contribution is 5.21. The van der Waals surface area contributed by atoms with Gasteiger partial charge < -0.3 is 4.90 Å². The van der Waals surface area contributed by atoms with Crippen molar-refractivity contribution in [3.05, 3.63) is 23.8 Å². The summed E-state index contributed by atoms with van der Waals surface area (Å²) in [4.78, 5) is 2.66. The SMILES string of the molecule is CC.CC1CCN(CCCCC2=CCCC=C2)CC1. The van der Waals surface area contributed by atoms with E-state index in [-0.39, 0.29) is 0 Å². The molecule has 1 fully saturated rings. The van der Waals surface area contributed by atoms with Crippen LogP contribution in [-0.4, -0.2) is 24.5 Å². The second-order valence-electron chi connectivity index (χ2n) is 5.74. The fraction of sp³-hybridized carbons (Fsp3) is 0.778. The highest BCUT2D eigenvalue weighted by atomic mass is 15.1. The zero-order valence-corrected chi connectivity index (χ0v) is 13.3. The zero-order valence-electron chi connectivity index (χ0n) is 13.3. The second-order valence-corrected chi connectivity index (χ2v) is 5.74. The number of nitrogens with zero attached hydrogens (tertiary/aromatic N) is 1. The van der Waals surface area contributed by atoms with Gasteiger partial charge in [0.2, 0.25) is 0 Å². The average molecular weight is 263 g/mol. The quantitative estimate of drug-likeness (QED) is 0.617. The summed E-state index contributed by atoms with van der Waals surface area (Å²) < 4.78 is 0. The third kappa shape index (κ3) is 6.96. The van der Waals surface area contributed by atoms with Gasteiger partial charge in [-0.25, -0.2) is 0 Å². The minimum atomic E-state index is 0.962. The van der Waals surface area contributed by atoms with Gasteiger partial charge in [-0.2, -0.15) is 0 Å². The lowest BCUT2D eigenvalue weighted by Crippen LogP contribution is -2.33. The van der Waals surface area contributed by atoms with Gasteiger partial charge in [-0.1, -0.05) is 44.6 Å². The van der Waals surface area contributed by atoms with Crippen LogP contribution in [0.4, 0.5) is 0 Å². The summed E-state index contributed by atoms with van der Waals surface area (Å²) in [5.41, 5.74) is 1.57. The number of unbranched alkanes of at least 4 members (excludes halogenated alkanes) is 1. The smallest absolute Gasteiger partial charge is 0.00162 e. The van der Waals surface area contributed by atoms with Crippen molar-refractivity contribution < 1.29 is 0 Å². The fourth-order valence-corrected chi connectivity index (χ4v) is 2.80. The van der Waals surface area contributed by atoms with Crippen LogP contribution in [0.2, 0.25) is 0 Å². The van der Waals surface area contributed by atoms with Crippen molar-refractivity contribution in [1.82, 2.24) is 4.90 Å². The van der Waals surface area contributed by atoms with Crippen LogP contribution in [-0.2, 0) is 0 Å². The zero-order chi connectivity index (χ0) is 13.9. The molecule has 19 heavy (non-hydrogen) atoms. The van der Waals surface area contributed by atoms with E-state index in [0.717, 1.165) is 5.92 Å². The van der Waals surface area contributed by atoms with E-state index in [4.69, 9.17) is 0 Å². The summed E-state index contributed by atoms with van der Waals surface area (Å²) in [6.45, 7) is 10.4. The lowest BCUT2D eigenvalue weighted by Gasteiger charge is -2.30. The molecule has 1 nitrogen and oxygen atoms in total. The Bertz CT molecular complexity index is 269. The summed E-state index contributed by atoms with van der Waals surface area (Å²) in [6.07, 6.45) is 16.4. The van der Waals surface area contributed by atoms with Crippen LogP contribution in [0.25, 0.3) is 0 Å². The summed E-state index contributed by atoms with van der Waals surface area (Å²) in [5, 5.41) is 0. The van der Waals surface area contributed by atoms with E-state index < -0.39 is 0 Å². The molecule has 0 radical (unpaired) electrons. The van der Waals surface area contributed by atoms with Crippen LogP contribution in [0.5, 0.6) is 0 Å². The van der Waals surface area contributed by atoms with Crippen LogP contribution < -0.4 is 0 Å². The van der Waals surface area contributed by atoms with E-state index in [0.29, 0.717) is 0 Å². The maximum atomic E-state index is 2.66. The number of likely N-dealkylation sites (tertiary alicyclic amines) is 1. The van der Waals surface area contributed by atoms with Crippen molar-refractivity contribution in [2.45, 2.75) is 65.7 Å². The van der Waals surface area contributed by atoms with Gasteiger partial charge in [0.05, 0.1) is 0 Å². The van der Waals surface area contributed by atoms with Gasteiger partial charge in [-0.15, -0.1) is 0 Å². The molecule has 0 aromatic heterocycles. The molecule has 1 heterocycles. The Balaban J connectivity index is 0.000000861. The summed E-state index contributed by atoms with van der Waals surface area (Å²) in [5.74, 6) is 0.962. The van der Waals surface area contributed by atoms with E-state index in [2.05, 4.69) is 30.1 Å². The number of rotatable bonds is 5. The normalized spacial score (nSPS) is 20.7. The molecule has 1 aliphatic carbocycles. The Labute approximate surface area is 120 Å². The molecule has 0 atom stereocenters. The van der Waals surface area contributed by atoms with Crippen LogP contribution >= 0.6 is 0 Å². The first kappa shape index (κ1) is 16.5. The lowest BCUT2D eigenvalue weighted by atomic mass is 9.98. The van der Waals surface area contributed by atoms with Crippen molar-refractivity contribution in [3.8, 4) is 0 Å². The molecule has 1 heteroatoms. The summed E-state index contributed by atoms with van der Waals surface area (Å²) >= 11 is 0. The van der Waals surface area contributed by atoms with Crippen molar-refractivity contribution in [1.29, 1.82) is 0 Å². The van der Waals surface area contributed by atoms with Gasteiger partial charge in [0.15, 0.2) is 0 Å². The Hall–Kier alpha value is -0.560. The molecule has 2 aliphatic rings. The molecule has 0 bridgehead atoms. The van der Waals surface area contributed by atoms with Gasteiger partial charge in [0.25, 0.3) is 0 Å². The van der Waals surface area contributed by atoms with Crippen molar-refractivity contribution in [2.24, 2.45) is 5.92 Å². The number of allylic oxidation sites excluding steroid dienone is 4. The highest BCUT2D eigenvalue weighted by Gasteiger charge is 2.14. The van der Waals surface area contributed by atoms with Crippen LogP contribution in [0.1, 0.15) is 65.7 Å². The Morgan fingerprint density at radius 3 is 2.47 bits per heavy atom. The third-order valence-corrected chi connectivity index (χ3v) is 4.14. The van der Waals surface area contributed by atoms with Gasteiger partial charge >= 0.3 is 0 Å². The fourth-order valence-electron chi connectivity index (χ4n) is 2.80. The molecule has 0 N–H and O–H groups in total. The molecule has 0 aromatic rings. The molecule has 0 unspecified atom stereocenters. The standard InChI is InChI=1S/C16H27N.C2H6/c1-15-10-13-17(14-11-15)12-6-5-9-16-7-3-2-4-8-16;1-2/h3,7-8,15H,2,4-6,9-14H2,1H3;1-2H3. The lowest BCUT2D eigenvalue weighted by molar-refractivity contribution is 0.189. The Kier molecular flexibility index (Phi) is 8.90. The first-order valence-electron chi connectivity index (χ1n) is 8.42. The predicted octanol–water partition coefficient (Wildman–Crippen LogP) is 5.19. The molecular weight excluding hydrogens is 230 g/mol. The average Bonchev–Trinajstić information content (AvgIpc) is 2.49. The van der Waals surface area contributed by atoms with Crippen molar-refractivity contribution in [2.75, 3.05) is 19.6 Å². The number of hydrogen-bond donors (Lipinski definition) is 0. The van der Waals surface area contributed by atoms with E-state index in [1.165, 1.54) is 64.6 Å². The number of piperidine rings is 1. The molecule has 110 valence electrons. The van der Waals surface area contributed by atoms with Gasteiger partial charge in [-0.3, -0.25) is 0 Å². The Morgan fingerprint density at radius 1 is 1.11 bits per heavy atom. The summed E-state index contributed by atoms with van der Waals surface area (Å²) in [6, 6.07) is 0. The molecule has 2 rings (SSSR count). The predicted molar refractivity (Wildman–Crippen MR) is 86.5 cm³/mol. The van der Waals surface area contributed by atoms with Gasteiger partial charge in [-0.05, 0) is 70.5 Å². The molecule has 0 saturated carbocycles. The molecule has 0 aromatic carbocycles. The molecule has 1 aliphatic heterocycles. The number of hydrogen-bond acceptors (Lipinski definition) is 1. The summed E-state index contributed by atoms with van der Waals surface area (Å²) in [7, 11) is 0. The molecular formula is C18H33N. The minimum absolute atomic E-state index is 0.962. The minimum Gasteiger partial charge on any atom is -0.303 e. The third-order valence-electron chi connectivity index (χ3n) is 4.14. The van der Waals surface area contributed by atoms with E-state index >= 15 is 0 Å². The monoisotopic (exact) mass is 263 g/mol. The van der Waals surface area contributed by atoms with Crippen LogP contribution in [0.15, 0.2) is 23.8 Å². The van der Waals surface area contributed by atoms with Crippen molar-refractivity contribution >= 4 is 0 Å². The maximum absolute atomic E-state index is 2.66. The second kappa shape index (κ2) is 10.3. The van der Waals surface area contributed by atoms with Gasteiger partial charge in [0.1, 0.15) is 0 Å². The Morgan fingerprint density at radius 2 is 1.84 bits per heavy atom. The van der Waals surface area contributed by atoms with E-state index in [1.807, 2.05) is 13.8 Å². The van der Waals surface area contributed by atoms with E-state index in [9.17, 15) is 0 Å². The maximum Gasteiger partial charge on any atom is -0.00162 e. The first-order chi connectivity index (χ1) is 9.34. The largest absolute Gasteiger partial charge is 0.303 e.